The first kappa shape index (κ1) is 16.2. The van der Waals surface area contributed by atoms with Crippen molar-refractivity contribution in [1.82, 2.24) is 9.71 Å². The fourth-order valence-electron chi connectivity index (χ4n) is 2.16. The first-order chi connectivity index (χ1) is 11.6. The van der Waals surface area contributed by atoms with Gasteiger partial charge in [0.25, 0.3) is 0 Å². The number of furan rings is 1. The summed E-state index contributed by atoms with van der Waals surface area (Å²) in [5.41, 5.74) is 1.44. The van der Waals surface area contributed by atoms with Gasteiger partial charge in [0.2, 0.25) is 10.0 Å². The molecule has 7 heteroatoms. The maximum Gasteiger partial charge on any atom is 0.240 e. The minimum atomic E-state index is -3.60. The highest BCUT2D eigenvalue weighted by Gasteiger charge is 2.14. The van der Waals surface area contributed by atoms with Gasteiger partial charge in [-0.05, 0) is 54.1 Å². The van der Waals surface area contributed by atoms with Crippen molar-refractivity contribution in [2.45, 2.75) is 11.4 Å². The van der Waals surface area contributed by atoms with Gasteiger partial charge in [-0.1, -0.05) is 0 Å². The summed E-state index contributed by atoms with van der Waals surface area (Å²) in [6.45, 7) is 0.157. The van der Waals surface area contributed by atoms with Crippen molar-refractivity contribution in [1.29, 1.82) is 0 Å². The minimum Gasteiger partial charge on any atom is -0.497 e. The van der Waals surface area contributed by atoms with Crippen LogP contribution in [0.25, 0.3) is 11.5 Å². The molecule has 2 aromatic heterocycles. The van der Waals surface area contributed by atoms with Gasteiger partial charge in [0, 0.05) is 12.7 Å². The normalized spacial score (nSPS) is 11.4. The zero-order valence-electron chi connectivity index (χ0n) is 13.0. The fourth-order valence-corrected chi connectivity index (χ4v) is 3.18. The molecule has 0 bridgehead atoms. The second-order valence-electron chi connectivity index (χ2n) is 5.03. The molecule has 0 radical (unpaired) electrons. The number of rotatable bonds is 6. The van der Waals surface area contributed by atoms with Crippen LogP contribution < -0.4 is 9.46 Å². The first-order valence-corrected chi connectivity index (χ1v) is 8.69. The third-order valence-corrected chi connectivity index (χ3v) is 4.85. The predicted octanol–water partition coefficient (Wildman–Crippen LogP) is 2.83. The summed E-state index contributed by atoms with van der Waals surface area (Å²) in [4.78, 5) is 4.40. The third kappa shape index (κ3) is 3.64. The fraction of sp³-hybridized carbons (Fsp3) is 0.118. The van der Waals surface area contributed by atoms with Crippen LogP contribution in [0.15, 0.2) is 70.3 Å². The van der Waals surface area contributed by atoms with E-state index >= 15 is 0 Å². The summed E-state index contributed by atoms with van der Waals surface area (Å²) >= 11 is 0. The molecule has 1 N–H and O–H groups in total. The Hall–Kier alpha value is -2.64. The second-order valence-corrected chi connectivity index (χ2v) is 6.79. The molecule has 0 unspecified atom stereocenters. The quantitative estimate of drug-likeness (QED) is 0.743. The monoisotopic (exact) mass is 344 g/mol. The van der Waals surface area contributed by atoms with Crippen LogP contribution in [0.4, 0.5) is 0 Å². The van der Waals surface area contributed by atoms with Gasteiger partial charge in [-0.15, -0.1) is 0 Å². The van der Waals surface area contributed by atoms with Crippen LogP contribution in [0.3, 0.4) is 0 Å². The van der Waals surface area contributed by atoms with Crippen LogP contribution in [-0.2, 0) is 16.6 Å². The smallest absolute Gasteiger partial charge is 0.240 e. The van der Waals surface area contributed by atoms with Crippen molar-refractivity contribution in [3.05, 3.63) is 66.6 Å². The SMILES string of the molecule is COc1ccc(S(=O)(=O)NCc2ccnc(-c3ccco3)c2)cc1. The van der Waals surface area contributed by atoms with Crippen LogP contribution in [0.5, 0.6) is 5.75 Å². The van der Waals surface area contributed by atoms with Crippen LogP contribution >= 0.6 is 0 Å². The van der Waals surface area contributed by atoms with Crippen LogP contribution in [0, 0.1) is 0 Å². The lowest BCUT2D eigenvalue weighted by Crippen LogP contribution is -2.23. The lowest BCUT2D eigenvalue weighted by Gasteiger charge is -2.08. The Kier molecular flexibility index (Phi) is 4.64. The first-order valence-electron chi connectivity index (χ1n) is 7.21. The molecular formula is C17H16N2O4S. The summed E-state index contributed by atoms with van der Waals surface area (Å²) in [6.07, 6.45) is 3.19. The van der Waals surface area contributed by atoms with E-state index in [0.29, 0.717) is 17.2 Å². The second kappa shape index (κ2) is 6.86. The molecule has 1 aromatic carbocycles. The zero-order valence-corrected chi connectivity index (χ0v) is 13.8. The maximum atomic E-state index is 12.3. The van der Waals surface area contributed by atoms with E-state index in [1.807, 2.05) is 0 Å². The molecule has 0 saturated carbocycles. The van der Waals surface area contributed by atoms with E-state index in [1.54, 1.807) is 48.9 Å². The Balaban J connectivity index is 1.73. The van der Waals surface area contributed by atoms with E-state index in [0.717, 1.165) is 5.56 Å². The standard InChI is InChI=1S/C17H16N2O4S/c1-22-14-4-6-15(7-5-14)24(20,21)19-12-13-8-9-18-16(11-13)17-3-2-10-23-17/h2-11,19H,12H2,1H3. The molecule has 0 aliphatic rings. The molecule has 6 nitrogen and oxygen atoms in total. The Morgan fingerprint density at radius 2 is 1.96 bits per heavy atom. The Morgan fingerprint density at radius 3 is 2.62 bits per heavy atom. The number of hydrogen-bond acceptors (Lipinski definition) is 5. The minimum absolute atomic E-state index is 0.157. The van der Waals surface area contributed by atoms with E-state index in [-0.39, 0.29) is 11.4 Å². The number of methoxy groups -OCH3 is 1. The number of aromatic nitrogens is 1. The Bertz CT molecular complexity index is 904. The molecule has 124 valence electrons. The van der Waals surface area contributed by atoms with Gasteiger partial charge < -0.3 is 9.15 Å². The molecule has 0 atom stereocenters. The average molecular weight is 344 g/mol. The van der Waals surface area contributed by atoms with Gasteiger partial charge in [-0.25, -0.2) is 13.1 Å². The van der Waals surface area contributed by atoms with Gasteiger partial charge in [-0.2, -0.15) is 0 Å². The number of ether oxygens (including phenoxy) is 1. The summed E-state index contributed by atoms with van der Waals surface area (Å²) in [5.74, 6) is 1.24. The number of pyridine rings is 1. The van der Waals surface area contributed by atoms with Gasteiger partial charge in [0.15, 0.2) is 5.76 Å². The summed E-state index contributed by atoms with van der Waals surface area (Å²) < 4.78 is 37.6. The predicted molar refractivity (Wildman–Crippen MR) is 89.0 cm³/mol. The van der Waals surface area contributed by atoms with Crippen LogP contribution in [0.1, 0.15) is 5.56 Å². The molecule has 0 aliphatic carbocycles. The summed E-state index contributed by atoms with van der Waals surface area (Å²) in [7, 11) is -2.07. The number of sulfonamides is 1. The number of nitrogens with zero attached hydrogens (tertiary/aromatic N) is 1. The molecule has 0 saturated heterocycles. The number of hydrogen-bond donors (Lipinski definition) is 1. The van der Waals surface area contributed by atoms with Crippen molar-refractivity contribution in [2.24, 2.45) is 0 Å². The van der Waals surface area contributed by atoms with Crippen LogP contribution in [0.2, 0.25) is 0 Å². The molecule has 0 fully saturated rings. The van der Waals surface area contributed by atoms with Gasteiger partial charge in [-0.3, -0.25) is 4.98 Å². The number of benzene rings is 1. The lowest BCUT2D eigenvalue weighted by molar-refractivity contribution is 0.414. The van der Waals surface area contributed by atoms with Gasteiger partial charge >= 0.3 is 0 Å². The van der Waals surface area contributed by atoms with Crippen molar-refractivity contribution < 1.29 is 17.6 Å². The largest absolute Gasteiger partial charge is 0.497 e. The zero-order chi connectivity index (χ0) is 17.0. The molecule has 0 spiro atoms. The Labute approximate surface area is 140 Å². The van der Waals surface area contributed by atoms with Crippen molar-refractivity contribution in [2.75, 3.05) is 7.11 Å². The number of nitrogens with one attached hydrogen (secondary N) is 1. The van der Waals surface area contributed by atoms with E-state index in [2.05, 4.69) is 9.71 Å². The highest BCUT2D eigenvalue weighted by atomic mass is 32.2. The molecule has 3 aromatic rings. The molecule has 0 amide bonds. The van der Waals surface area contributed by atoms with Crippen LogP contribution in [-0.4, -0.2) is 20.5 Å². The molecule has 2 heterocycles. The van der Waals surface area contributed by atoms with Crippen molar-refractivity contribution >= 4 is 10.0 Å². The highest BCUT2D eigenvalue weighted by Crippen LogP contribution is 2.19. The van der Waals surface area contributed by atoms with E-state index < -0.39 is 10.0 Å². The van der Waals surface area contributed by atoms with Crippen molar-refractivity contribution in [3.8, 4) is 17.2 Å². The topological polar surface area (TPSA) is 81.4 Å². The molecule has 24 heavy (non-hydrogen) atoms. The van der Waals surface area contributed by atoms with E-state index in [4.69, 9.17) is 9.15 Å². The maximum absolute atomic E-state index is 12.3. The van der Waals surface area contributed by atoms with E-state index in [9.17, 15) is 8.42 Å². The Morgan fingerprint density at radius 1 is 1.17 bits per heavy atom. The molecule has 3 rings (SSSR count). The van der Waals surface area contributed by atoms with Gasteiger partial charge in [0.1, 0.15) is 11.4 Å². The average Bonchev–Trinajstić information content (AvgIpc) is 3.15. The third-order valence-electron chi connectivity index (χ3n) is 3.43. The molecular weight excluding hydrogens is 328 g/mol. The van der Waals surface area contributed by atoms with E-state index in [1.165, 1.54) is 19.2 Å². The summed E-state index contributed by atoms with van der Waals surface area (Å²) in [5, 5.41) is 0. The highest BCUT2D eigenvalue weighted by molar-refractivity contribution is 7.89. The summed E-state index contributed by atoms with van der Waals surface area (Å²) in [6, 6.07) is 13.3. The lowest BCUT2D eigenvalue weighted by atomic mass is 10.2. The van der Waals surface area contributed by atoms with Gasteiger partial charge in [0.05, 0.1) is 18.3 Å². The molecule has 0 aliphatic heterocycles. The van der Waals surface area contributed by atoms with Crippen molar-refractivity contribution in [3.63, 3.8) is 0 Å².